The van der Waals surface area contributed by atoms with E-state index in [4.69, 9.17) is 9.47 Å². The zero-order valence-electron chi connectivity index (χ0n) is 11.6. The number of hydrogen-bond acceptors (Lipinski definition) is 3. The predicted octanol–water partition coefficient (Wildman–Crippen LogP) is 2.00. The Labute approximate surface area is 117 Å². The summed E-state index contributed by atoms with van der Waals surface area (Å²) in [6.45, 7) is 0.553. The van der Waals surface area contributed by atoms with E-state index in [1.807, 2.05) is 18.5 Å². The Balaban J connectivity index is 2.04. The third kappa shape index (κ3) is 3.12. The number of H-pyrrole nitrogens is 1. The summed E-state index contributed by atoms with van der Waals surface area (Å²) in [6, 6.07) is 7.25. The normalized spacial score (nSPS) is 10.1. The van der Waals surface area contributed by atoms with Gasteiger partial charge in [0.1, 0.15) is 17.1 Å². The molecule has 2 aromatic rings. The lowest BCUT2D eigenvalue weighted by atomic mass is 10.1. The van der Waals surface area contributed by atoms with Crippen LogP contribution in [0.2, 0.25) is 0 Å². The number of amides is 1. The predicted molar refractivity (Wildman–Crippen MR) is 76.4 cm³/mol. The molecule has 1 heterocycles. The minimum Gasteiger partial charge on any atom is -0.496 e. The van der Waals surface area contributed by atoms with Gasteiger partial charge in [-0.05, 0) is 30.2 Å². The Morgan fingerprint density at radius 2 is 1.90 bits per heavy atom. The van der Waals surface area contributed by atoms with Gasteiger partial charge in [0.15, 0.2) is 0 Å². The Morgan fingerprint density at radius 1 is 1.20 bits per heavy atom. The zero-order valence-corrected chi connectivity index (χ0v) is 11.6. The van der Waals surface area contributed by atoms with Gasteiger partial charge in [-0.1, -0.05) is 6.07 Å². The van der Waals surface area contributed by atoms with E-state index < -0.39 is 0 Å². The van der Waals surface area contributed by atoms with Gasteiger partial charge in [-0.25, -0.2) is 0 Å². The lowest BCUT2D eigenvalue weighted by Gasteiger charge is -2.12. The van der Waals surface area contributed by atoms with E-state index in [2.05, 4.69) is 10.3 Å². The first-order valence-electron chi connectivity index (χ1n) is 6.37. The maximum absolute atomic E-state index is 12.3. The molecule has 0 saturated heterocycles. The standard InChI is InChI=1S/C15H18N2O3/c1-19-12-4-3-5-13(20-2)14(12)15(18)17-9-7-11-6-8-16-10-11/h3-6,8,10,16H,7,9H2,1-2H3,(H,17,18). The van der Waals surface area contributed by atoms with E-state index in [-0.39, 0.29) is 5.91 Å². The largest absolute Gasteiger partial charge is 0.496 e. The number of benzene rings is 1. The van der Waals surface area contributed by atoms with E-state index in [0.29, 0.717) is 23.6 Å². The summed E-state index contributed by atoms with van der Waals surface area (Å²) < 4.78 is 10.4. The fourth-order valence-corrected chi connectivity index (χ4v) is 2.00. The molecule has 0 bridgehead atoms. The molecule has 5 nitrogen and oxygen atoms in total. The summed E-state index contributed by atoms with van der Waals surface area (Å²) in [5, 5.41) is 2.87. The van der Waals surface area contributed by atoms with Gasteiger partial charge >= 0.3 is 0 Å². The summed E-state index contributed by atoms with van der Waals surface area (Å²) in [5.41, 5.74) is 1.57. The molecule has 1 aromatic heterocycles. The summed E-state index contributed by atoms with van der Waals surface area (Å²) in [7, 11) is 3.07. The number of carbonyl (C=O) groups is 1. The molecule has 2 N–H and O–H groups in total. The van der Waals surface area contributed by atoms with Crippen molar-refractivity contribution in [3.05, 3.63) is 47.8 Å². The minimum atomic E-state index is -0.199. The van der Waals surface area contributed by atoms with E-state index in [1.165, 1.54) is 14.2 Å². The lowest BCUT2D eigenvalue weighted by Crippen LogP contribution is -2.26. The number of ether oxygens (including phenoxy) is 2. The second-order valence-corrected chi connectivity index (χ2v) is 4.26. The third-order valence-corrected chi connectivity index (χ3v) is 3.02. The topological polar surface area (TPSA) is 63.4 Å². The Hall–Kier alpha value is -2.43. The highest BCUT2D eigenvalue weighted by atomic mass is 16.5. The van der Waals surface area contributed by atoms with Gasteiger partial charge in [0.25, 0.3) is 5.91 Å². The molecule has 0 spiro atoms. The fraction of sp³-hybridized carbons (Fsp3) is 0.267. The van der Waals surface area contributed by atoms with Crippen molar-refractivity contribution in [3.8, 4) is 11.5 Å². The summed E-state index contributed by atoms with van der Waals surface area (Å²) in [5.74, 6) is 0.807. The maximum Gasteiger partial charge on any atom is 0.258 e. The molecule has 106 valence electrons. The van der Waals surface area contributed by atoms with Crippen LogP contribution in [0.5, 0.6) is 11.5 Å². The number of aromatic nitrogens is 1. The average molecular weight is 274 g/mol. The Kier molecular flexibility index (Phi) is 4.65. The molecule has 0 aliphatic heterocycles. The van der Waals surface area contributed by atoms with Crippen LogP contribution in [0.4, 0.5) is 0 Å². The number of methoxy groups -OCH3 is 2. The molecular weight excluding hydrogens is 256 g/mol. The molecule has 0 aliphatic carbocycles. The first-order chi connectivity index (χ1) is 9.76. The summed E-state index contributed by atoms with van der Waals surface area (Å²) in [4.78, 5) is 15.2. The Morgan fingerprint density at radius 3 is 2.45 bits per heavy atom. The van der Waals surface area contributed by atoms with Crippen LogP contribution in [0, 0.1) is 0 Å². The molecule has 0 atom stereocenters. The lowest BCUT2D eigenvalue weighted by molar-refractivity contribution is 0.0948. The average Bonchev–Trinajstić information content (AvgIpc) is 2.99. The van der Waals surface area contributed by atoms with Crippen molar-refractivity contribution in [1.29, 1.82) is 0 Å². The molecule has 0 radical (unpaired) electrons. The Bertz CT molecular complexity index is 542. The fourth-order valence-electron chi connectivity index (χ4n) is 2.00. The molecular formula is C15H18N2O3. The van der Waals surface area contributed by atoms with Gasteiger partial charge in [-0.15, -0.1) is 0 Å². The highest BCUT2D eigenvalue weighted by Crippen LogP contribution is 2.27. The van der Waals surface area contributed by atoms with Gasteiger partial charge in [0, 0.05) is 18.9 Å². The smallest absolute Gasteiger partial charge is 0.258 e. The van der Waals surface area contributed by atoms with Crippen LogP contribution in [0.25, 0.3) is 0 Å². The van der Waals surface area contributed by atoms with Crippen molar-refractivity contribution in [2.24, 2.45) is 0 Å². The number of aromatic amines is 1. The second-order valence-electron chi connectivity index (χ2n) is 4.26. The van der Waals surface area contributed by atoms with E-state index in [1.54, 1.807) is 18.2 Å². The van der Waals surface area contributed by atoms with Crippen LogP contribution < -0.4 is 14.8 Å². The van der Waals surface area contributed by atoms with Crippen molar-refractivity contribution >= 4 is 5.91 Å². The van der Waals surface area contributed by atoms with Crippen molar-refractivity contribution in [2.45, 2.75) is 6.42 Å². The first-order valence-corrected chi connectivity index (χ1v) is 6.37. The number of carbonyl (C=O) groups excluding carboxylic acids is 1. The first kappa shape index (κ1) is 14.0. The molecule has 0 aliphatic rings. The van der Waals surface area contributed by atoms with Gasteiger partial charge in [-0.2, -0.15) is 0 Å². The van der Waals surface area contributed by atoms with Crippen molar-refractivity contribution in [1.82, 2.24) is 10.3 Å². The van der Waals surface area contributed by atoms with E-state index in [9.17, 15) is 4.79 Å². The van der Waals surface area contributed by atoms with Crippen molar-refractivity contribution in [2.75, 3.05) is 20.8 Å². The highest BCUT2D eigenvalue weighted by Gasteiger charge is 2.17. The molecule has 5 heteroatoms. The van der Waals surface area contributed by atoms with E-state index >= 15 is 0 Å². The van der Waals surface area contributed by atoms with Crippen LogP contribution in [0.3, 0.4) is 0 Å². The van der Waals surface area contributed by atoms with Gasteiger partial charge in [0.2, 0.25) is 0 Å². The molecule has 0 unspecified atom stereocenters. The van der Waals surface area contributed by atoms with Crippen LogP contribution in [-0.2, 0) is 6.42 Å². The van der Waals surface area contributed by atoms with Crippen molar-refractivity contribution < 1.29 is 14.3 Å². The van der Waals surface area contributed by atoms with Crippen LogP contribution in [0.1, 0.15) is 15.9 Å². The zero-order chi connectivity index (χ0) is 14.4. The molecule has 1 amide bonds. The quantitative estimate of drug-likeness (QED) is 0.847. The molecule has 20 heavy (non-hydrogen) atoms. The molecule has 0 fully saturated rings. The number of rotatable bonds is 6. The van der Waals surface area contributed by atoms with Gasteiger partial charge in [0.05, 0.1) is 14.2 Å². The van der Waals surface area contributed by atoms with Crippen molar-refractivity contribution in [3.63, 3.8) is 0 Å². The molecule has 0 saturated carbocycles. The maximum atomic E-state index is 12.3. The SMILES string of the molecule is COc1cccc(OC)c1C(=O)NCCc1cc[nH]c1. The second kappa shape index (κ2) is 6.65. The van der Waals surface area contributed by atoms with Crippen LogP contribution in [0.15, 0.2) is 36.7 Å². The van der Waals surface area contributed by atoms with Gasteiger partial charge in [-0.3, -0.25) is 4.79 Å². The number of hydrogen-bond donors (Lipinski definition) is 2. The summed E-state index contributed by atoms with van der Waals surface area (Å²) in [6.07, 6.45) is 4.54. The minimum absolute atomic E-state index is 0.199. The molecule has 1 aromatic carbocycles. The van der Waals surface area contributed by atoms with E-state index in [0.717, 1.165) is 12.0 Å². The number of nitrogens with one attached hydrogen (secondary N) is 2. The monoisotopic (exact) mass is 274 g/mol. The highest BCUT2D eigenvalue weighted by molar-refractivity contribution is 5.99. The van der Waals surface area contributed by atoms with Crippen LogP contribution in [-0.4, -0.2) is 31.7 Å². The third-order valence-electron chi connectivity index (χ3n) is 3.02. The molecule has 2 rings (SSSR count). The summed E-state index contributed by atoms with van der Waals surface area (Å²) >= 11 is 0. The van der Waals surface area contributed by atoms with Gasteiger partial charge < -0.3 is 19.8 Å². The van der Waals surface area contributed by atoms with Crippen LogP contribution >= 0.6 is 0 Å².